The molecule has 0 spiro atoms. The zero-order valence-electron chi connectivity index (χ0n) is 16.1. The highest BCUT2D eigenvalue weighted by molar-refractivity contribution is 6.30. The van der Waals surface area contributed by atoms with Gasteiger partial charge in [0, 0.05) is 25.4 Å². The maximum atomic E-state index is 12.0. The van der Waals surface area contributed by atoms with Crippen molar-refractivity contribution < 1.29 is 9.53 Å². The highest BCUT2D eigenvalue weighted by Crippen LogP contribution is 2.34. The fourth-order valence-electron chi connectivity index (χ4n) is 3.47. The number of rotatable bonds is 5. The van der Waals surface area contributed by atoms with E-state index in [1.807, 2.05) is 25.8 Å². The molecule has 1 atom stereocenters. The quantitative estimate of drug-likeness (QED) is 0.794. The molecular weight excluding hydrogens is 380 g/mol. The molecule has 0 saturated heterocycles. The number of aryl methyl sites for hydroxylation is 1. The average molecular weight is 403 g/mol. The minimum Gasteiger partial charge on any atom is -0.492 e. The number of nitrogens with zero attached hydrogens (tertiary/aromatic N) is 4. The SMILES string of the molecule is Cc1nc(N[C@H]2C[C@@H](COc3cncc(Cl)c3)C2)nc2c1NC(=O)[C@H](C)N2C. The van der Waals surface area contributed by atoms with Gasteiger partial charge in [-0.1, -0.05) is 11.6 Å². The fourth-order valence-corrected chi connectivity index (χ4v) is 3.63. The Morgan fingerprint density at radius 1 is 1.36 bits per heavy atom. The lowest BCUT2D eigenvalue weighted by molar-refractivity contribution is -0.117. The summed E-state index contributed by atoms with van der Waals surface area (Å²) in [6.07, 6.45) is 5.22. The molecule has 148 valence electrons. The second-order valence-corrected chi connectivity index (χ2v) is 7.87. The molecular formula is C19H23ClN6O2. The van der Waals surface area contributed by atoms with Gasteiger partial charge in [-0.15, -0.1) is 0 Å². The van der Waals surface area contributed by atoms with Crippen molar-refractivity contribution in [1.82, 2.24) is 15.0 Å². The number of carbonyl (C=O) groups excluding carboxylic acids is 1. The molecule has 2 N–H and O–H groups in total. The van der Waals surface area contributed by atoms with Crippen molar-refractivity contribution in [3.05, 3.63) is 29.2 Å². The van der Waals surface area contributed by atoms with Crippen LogP contribution in [0.15, 0.2) is 18.5 Å². The smallest absolute Gasteiger partial charge is 0.246 e. The van der Waals surface area contributed by atoms with Crippen LogP contribution >= 0.6 is 11.6 Å². The summed E-state index contributed by atoms with van der Waals surface area (Å²) in [6.45, 7) is 4.37. The Morgan fingerprint density at radius 3 is 2.89 bits per heavy atom. The molecule has 9 heteroatoms. The van der Waals surface area contributed by atoms with Crippen molar-refractivity contribution in [1.29, 1.82) is 0 Å². The van der Waals surface area contributed by atoms with Crippen LogP contribution in [0, 0.1) is 12.8 Å². The summed E-state index contributed by atoms with van der Waals surface area (Å²) in [4.78, 5) is 27.0. The Balaban J connectivity index is 1.34. The molecule has 4 rings (SSSR count). The van der Waals surface area contributed by atoms with Crippen LogP contribution in [0.5, 0.6) is 5.75 Å². The van der Waals surface area contributed by atoms with Crippen LogP contribution in [0.3, 0.4) is 0 Å². The van der Waals surface area contributed by atoms with Gasteiger partial charge in [-0.3, -0.25) is 9.78 Å². The number of nitrogens with one attached hydrogen (secondary N) is 2. The molecule has 3 heterocycles. The first-order valence-corrected chi connectivity index (χ1v) is 9.70. The van der Waals surface area contributed by atoms with Gasteiger partial charge in [0.05, 0.1) is 23.5 Å². The largest absolute Gasteiger partial charge is 0.492 e. The summed E-state index contributed by atoms with van der Waals surface area (Å²) in [5, 5.41) is 6.87. The fraction of sp³-hybridized carbons (Fsp3) is 0.474. The molecule has 8 nitrogen and oxygen atoms in total. The standard InChI is InChI=1S/C19H23ClN6O2/c1-10-16-17(26(3)11(2)18(27)24-16)25-19(22-10)23-14-4-12(5-14)9-28-15-6-13(20)7-21-8-15/h6-8,11-12,14H,4-5,9H2,1-3H3,(H,24,27)(H,22,23,25)/t11-,12-,14+/m0/s1. The van der Waals surface area contributed by atoms with E-state index < -0.39 is 0 Å². The third-order valence-electron chi connectivity index (χ3n) is 5.35. The van der Waals surface area contributed by atoms with Gasteiger partial charge in [0.25, 0.3) is 0 Å². The van der Waals surface area contributed by atoms with E-state index in [9.17, 15) is 4.79 Å². The van der Waals surface area contributed by atoms with E-state index in [0.29, 0.717) is 41.0 Å². The number of pyridine rings is 1. The highest BCUT2D eigenvalue weighted by Gasteiger charge is 2.33. The van der Waals surface area contributed by atoms with E-state index in [1.54, 1.807) is 18.5 Å². The third kappa shape index (κ3) is 3.69. The minimum absolute atomic E-state index is 0.0425. The second-order valence-electron chi connectivity index (χ2n) is 7.44. The number of fused-ring (bicyclic) bond motifs is 1. The first kappa shape index (κ1) is 18.7. The number of ether oxygens (including phenoxy) is 1. The van der Waals surface area contributed by atoms with Gasteiger partial charge in [0.1, 0.15) is 17.5 Å². The van der Waals surface area contributed by atoms with Gasteiger partial charge in [-0.2, -0.15) is 4.98 Å². The predicted octanol–water partition coefficient (Wildman–Crippen LogP) is 2.88. The summed E-state index contributed by atoms with van der Waals surface area (Å²) in [6, 6.07) is 1.81. The summed E-state index contributed by atoms with van der Waals surface area (Å²) < 4.78 is 5.77. The molecule has 2 aliphatic rings. The molecule has 0 bridgehead atoms. The number of hydrogen-bond acceptors (Lipinski definition) is 7. The van der Waals surface area contributed by atoms with E-state index in [2.05, 4.69) is 25.6 Å². The zero-order valence-corrected chi connectivity index (χ0v) is 16.8. The molecule has 28 heavy (non-hydrogen) atoms. The van der Waals surface area contributed by atoms with E-state index in [4.69, 9.17) is 16.3 Å². The first-order chi connectivity index (χ1) is 13.4. The van der Waals surface area contributed by atoms with Gasteiger partial charge in [-0.05, 0) is 32.6 Å². The van der Waals surface area contributed by atoms with E-state index in [-0.39, 0.29) is 11.9 Å². The Morgan fingerprint density at radius 2 is 2.14 bits per heavy atom. The molecule has 1 aliphatic carbocycles. The van der Waals surface area contributed by atoms with Crippen LogP contribution in [0.4, 0.5) is 17.5 Å². The van der Waals surface area contributed by atoms with E-state index in [0.717, 1.165) is 24.4 Å². The lowest BCUT2D eigenvalue weighted by Crippen LogP contribution is -2.45. The monoisotopic (exact) mass is 402 g/mol. The van der Waals surface area contributed by atoms with Gasteiger partial charge in [0.15, 0.2) is 5.82 Å². The van der Waals surface area contributed by atoms with Crippen molar-refractivity contribution in [3.8, 4) is 5.75 Å². The van der Waals surface area contributed by atoms with Crippen LogP contribution in [-0.2, 0) is 4.79 Å². The summed E-state index contributed by atoms with van der Waals surface area (Å²) in [5.74, 6) is 2.46. The maximum absolute atomic E-state index is 12.0. The Bertz CT molecular complexity index is 902. The van der Waals surface area contributed by atoms with E-state index in [1.165, 1.54) is 0 Å². The number of halogens is 1. The Kier molecular flexibility index (Phi) is 4.97. The molecule has 1 saturated carbocycles. The molecule has 1 amide bonds. The van der Waals surface area contributed by atoms with Crippen molar-refractivity contribution in [2.75, 3.05) is 29.2 Å². The highest BCUT2D eigenvalue weighted by atomic mass is 35.5. The normalized spacial score (nSPS) is 23.5. The van der Waals surface area contributed by atoms with Crippen LogP contribution in [0.2, 0.25) is 5.02 Å². The number of hydrogen-bond donors (Lipinski definition) is 2. The van der Waals surface area contributed by atoms with Crippen LogP contribution in [-0.4, -0.2) is 46.6 Å². The summed E-state index contributed by atoms with van der Waals surface area (Å²) >= 11 is 5.92. The van der Waals surface area contributed by atoms with Crippen molar-refractivity contribution >= 4 is 35.0 Å². The molecule has 0 radical (unpaired) electrons. The van der Waals surface area contributed by atoms with Crippen molar-refractivity contribution in [3.63, 3.8) is 0 Å². The minimum atomic E-state index is -0.263. The van der Waals surface area contributed by atoms with Gasteiger partial charge in [0.2, 0.25) is 11.9 Å². The Hall–Kier alpha value is -2.61. The predicted molar refractivity (Wildman–Crippen MR) is 108 cm³/mol. The van der Waals surface area contributed by atoms with Crippen LogP contribution < -0.4 is 20.3 Å². The zero-order chi connectivity index (χ0) is 19.8. The number of amides is 1. The molecule has 2 aromatic rings. The van der Waals surface area contributed by atoms with Crippen LogP contribution in [0.25, 0.3) is 0 Å². The van der Waals surface area contributed by atoms with Gasteiger partial charge in [-0.25, -0.2) is 4.98 Å². The summed E-state index contributed by atoms with van der Waals surface area (Å²) in [7, 11) is 1.87. The summed E-state index contributed by atoms with van der Waals surface area (Å²) in [5.41, 5.74) is 1.44. The lowest BCUT2D eigenvalue weighted by atomic mass is 9.81. The lowest BCUT2D eigenvalue weighted by Gasteiger charge is -2.36. The maximum Gasteiger partial charge on any atom is 0.246 e. The van der Waals surface area contributed by atoms with Crippen molar-refractivity contribution in [2.24, 2.45) is 5.92 Å². The molecule has 2 aromatic heterocycles. The van der Waals surface area contributed by atoms with Gasteiger partial charge >= 0.3 is 0 Å². The molecule has 1 fully saturated rings. The van der Waals surface area contributed by atoms with Gasteiger partial charge < -0.3 is 20.3 Å². The Labute approximate surface area is 168 Å². The van der Waals surface area contributed by atoms with E-state index >= 15 is 0 Å². The molecule has 0 aromatic carbocycles. The topological polar surface area (TPSA) is 92.3 Å². The van der Waals surface area contributed by atoms with Crippen molar-refractivity contribution in [2.45, 2.75) is 38.8 Å². The number of aromatic nitrogens is 3. The van der Waals surface area contributed by atoms with Crippen LogP contribution in [0.1, 0.15) is 25.5 Å². The first-order valence-electron chi connectivity index (χ1n) is 9.33. The number of anilines is 3. The number of likely N-dealkylation sites (N-methyl/N-ethyl adjacent to an activating group) is 1. The third-order valence-corrected chi connectivity index (χ3v) is 5.55. The second kappa shape index (κ2) is 7.43. The average Bonchev–Trinajstić information content (AvgIpc) is 2.63. The molecule has 0 unspecified atom stereocenters. The molecule has 1 aliphatic heterocycles. The number of carbonyl (C=O) groups is 1.